The number of carbonyl (C=O) groups excluding carboxylic acids is 2. The molecule has 1 aliphatic heterocycles. The largest absolute Gasteiger partial charge is 0.497 e. The van der Waals surface area contributed by atoms with Gasteiger partial charge in [-0.3, -0.25) is 14.5 Å². The summed E-state index contributed by atoms with van der Waals surface area (Å²) < 4.78 is 37.4. The molecular formula is C33H35FN2O6S. The first-order valence-corrected chi connectivity index (χ1v) is 15.2. The third-order valence-corrected chi connectivity index (χ3v) is 8.40. The number of fused-ring (bicyclic) bond motifs is 1. The lowest BCUT2D eigenvalue weighted by atomic mass is 10.1. The molecule has 0 saturated carbocycles. The third-order valence-electron chi connectivity index (χ3n) is 7.27. The summed E-state index contributed by atoms with van der Waals surface area (Å²) >= 11 is 1.29. The molecule has 0 unspecified atom stereocenters. The Bertz CT molecular complexity index is 1550. The zero-order valence-electron chi connectivity index (χ0n) is 24.3. The van der Waals surface area contributed by atoms with Crippen molar-refractivity contribution >= 4 is 33.2 Å². The molecular weight excluding hydrogens is 571 g/mol. The quantitative estimate of drug-likeness (QED) is 0.135. The Hall–Kier alpha value is -3.99. The average Bonchev–Trinajstić information content (AvgIpc) is 3.38. The van der Waals surface area contributed by atoms with Gasteiger partial charge in [0.1, 0.15) is 34.5 Å². The molecule has 0 amide bonds. The number of halogens is 1. The van der Waals surface area contributed by atoms with Crippen molar-refractivity contribution < 1.29 is 32.9 Å². The first kappa shape index (κ1) is 30.5. The Kier molecular flexibility index (Phi) is 10.2. The van der Waals surface area contributed by atoms with Gasteiger partial charge in [0.05, 0.1) is 20.1 Å². The van der Waals surface area contributed by atoms with Crippen molar-refractivity contribution in [3.8, 4) is 23.0 Å². The first-order valence-electron chi connectivity index (χ1n) is 14.4. The lowest BCUT2D eigenvalue weighted by Gasteiger charge is -2.34. The summed E-state index contributed by atoms with van der Waals surface area (Å²) in [7, 11) is 1.59. The SMILES string of the molecule is CCOC(=O)CCN1CCN(CCOc2ccc(Oc3c(C(=O)c4cccc(F)c4)sc4cc(OC)ccc34)cc2)CC1. The minimum Gasteiger partial charge on any atom is -0.497 e. The van der Waals surface area contributed by atoms with Crippen LogP contribution in [0.2, 0.25) is 0 Å². The van der Waals surface area contributed by atoms with Crippen molar-refractivity contribution in [2.24, 2.45) is 0 Å². The molecule has 1 fully saturated rings. The van der Waals surface area contributed by atoms with Crippen molar-refractivity contribution in [2.45, 2.75) is 13.3 Å². The second-order valence-corrected chi connectivity index (χ2v) is 11.2. The fourth-order valence-corrected chi connectivity index (χ4v) is 6.05. The molecule has 0 aliphatic carbocycles. The maximum atomic E-state index is 13.9. The highest BCUT2D eigenvalue weighted by Gasteiger charge is 2.23. The molecule has 10 heteroatoms. The summed E-state index contributed by atoms with van der Waals surface area (Å²) in [4.78, 5) is 30.0. The number of esters is 1. The minimum atomic E-state index is -0.472. The van der Waals surface area contributed by atoms with E-state index in [1.165, 1.54) is 29.5 Å². The van der Waals surface area contributed by atoms with E-state index in [2.05, 4.69) is 9.80 Å². The maximum absolute atomic E-state index is 13.9. The molecule has 43 heavy (non-hydrogen) atoms. The molecule has 1 aromatic heterocycles. The second-order valence-electron chi connectivity index (χ2n) is 10.1. The Morgan fingerprint density at radius 2 is 1.58 bits per heavy atom. The van der Waals surface area contributed by atoms with Crippen LogP contribution < -0.4 is 14.2 Å². The summed E-state index contributed by atoms with van der Waals surface area (Å²) in [6, 6.07) is 18.5. The van der Waals surface area contributed by atoms with Crippen LogP contribution in [0.15, 0.2) is 66.7 Å². The maximum Gasteiger partial charge on any atom is 0.307 e. The van der Waals surface area contributed by atoms with Gasteiger partial charge in [-0.15, -0.1) is 11.3 Å². The van der Waals surface area contributed by atoms with Gasteiger partial charge < -0.3 is 23.8 Å². The summed E-state index contributed by atoms with van der Waals surface area (Å²) in [6.07, 6.45) is 0.429. The molecule has 0 spiro atoms. The number of rotatable bonds is 13. The lowest BCUT2D eigenvalue weighted by Crippen LogP contribution is -2.47. The fourth-order valence-electron chi connectivity index (χ4n) is 4.93. The fraction of sp³-hybridized carbons (Fsp3) is 0.333. The number of nitrogens with zero attached hydrogens (tertiary/aromatic N) is 2. The molecule has 1 saturated heterocycles. The Morgan fingerprint density at radius 1 is 0.884 bits per heavy atom. The standard InChI is InChI=1S/C33H35FN2O6S/c1-3-40-30(37)13-14-35-15-17-36(18-16-35)19-20-41-25-7-9-26(10-8-25)42-32-28-12-11-27(39-2)22-29(28)43-33(32)31(38)23-5-4-6-24(34)21-23/h4-12,21-22H,3,13-20H2,1-2H3. The predicted octanol–water partition coefficient (Wildman–Crippen LogP) is 6.02. The smallest absolute Gasteiger partial charge is 0.307 e. The first-order chi connectivity index (χ1) is 20.9. The van der Waals surface area contributed by atoms with E-state index >= 15 is 0 Å². The van der Waals surface area contributed by atoms with Gasteiger partial charge >= 0.3 is 5.97 Å². The predicted molar refractivity (Wildman–Crippen MR) is 164 cm³/mol. The van der Waals surface area contributed by atoms with Gasteiger partial charge in [-0.1, -0.05) is 12.1 Å². The van der Waals surface area contributed by atoms with Gasteiger partial charge in [-0.05, 0) is 61.5 Å². The minimum absolute atomic E-state index is 0.142. The number of methoxy groups -OCH3 is 1. The topological polar surface area (TPSA) is 77.5 Å². The van der Waals surface area contributed by atoms with Gasteiger partial charge in [0.15, 0.2) is 5.75 Å². The Labute approximate surface area is 254 Å². The average molecular weight is 607 g/mol. The molecule has 5 rings (SSSR count). The summed E-state index contributed by atoms with van der Waals surface area (Å²) in [5.74, 6) is 1.44. The van der Waals surface area contributed by atoms with Crippen molar-refractivity contribution in [1.29, 1.82) is 0 Å². The van der Waals surface area contributed by atoms with Crippen LogP contribution in [-0.4, -0.2) is 81.1 Å². The Morgan fingerprint density at radius 3 is 2.28 bits per heavy atom. The number of ether oxygens (including phenoxy) is 4. The molecule has 226 valence electrons. The van der Waals surface area contributed by atoms with E-state index in [1.54, 1.807) is 25.3 Å². The highest BCUT2D eigenvalue weighted by molar-refractivity contribution is 7.21. The van der Waals surface area contributed by atoms with E-state index in [0.29, 0.717) is 41.8 Å². The van der Waals surface area contributed by atoms with Gasteiger partial charge in [-0.2, -0.15) is 0 Å². The van der Waals surface area contributed by atoms with Crippen LogP contribution in [0.3, 0.4) is 0 Å². The van der Waals surface area contributed by atoms with Crippen LogP contribution in [0.5, 0.6) is 23.0 Å². The highest BCUT2D eigenvalue weighted by atomic mass is 32.1. The summed E-state index contributed by atoms with van der Waals surface area (Å²) in [6.45, 7) is 8.01. The molecule has 0 radical (unpaired) electrons. The molecule has 3 aromatic carbocycles. The van der Waals surface area contributed by atoms with E-state index in [4.69, 9.17) is 18.9 Å². The van der Waals surface area contributed by atoms with Gasteiger partial charge in [0.2, 0.25) is 5.78 Å². The molecule has 0 bridgehead atoms. The van der Waals surface area contributed by atoms with E-state index in [1.807, 2.05) is 37.3 Å². The summed E-state index contributed by atoms with van der Waals surface area (Å²) in [5, 5.41) is 0.770. The highest BCUT2D eigenvalue weighted by Crippen LogP contribution is 2.43. The van der Waals surface area contributed by atoms with Crippen molar-refractivity contribution in [3.05, 3.63) is 83.0 Å². The molecule has 8 nitrogen and oxygen atoms in total. The molecule has 2 heterocycles. The van der Waals surface area contributed by atoms with Crippen LogP contribution in [0, 0.1) is 5.82 Å². The van der Waals surface area contributed by atoms with Gasteiger partial charge in [-0.25, -0.2) is 4.39 Å². The van der Waals surface area contributed by atoms with Crippen molar-refractivity contribution in [2.75, 3.05) is 59.6 Å². The van der Waals surface area contributed by atoms with E-state index in [9.17, 15) is 14.0 Å². The monoisotopic (exact) mass is 606 g/mol. The molecule has 0 atom stereocenters. The number of piperazine rings is 1. The van der Waals surface area contributed by atoms with Crippen molar-refractivity contribution in [3.63, 3.8) is 0 Å². The number of hydrogen-bond donors (Lipinski definition) is 0. The number of benzene rings is 3. The van der Waals surface area contributed by atoms with Crippen LogP contribution in [0.1, 0.15) is 28.6 Å². The van der Waals surface area contributed by atoms with Crippen LogP contribution in [-0.2, 0) is 9.53 Å². The van der Waals surface area contributed by atoms with Gasteiger partial charge in [0.25, 0.3) is 0 Å². The zero-order chi connectivity index (χ0) is 30.2. The number of thiophene rings is 1. The Balaban J connectivity index is 1.18. The van der Waals surface area contributed by atoms with Crippen LogP contribution >= 0.6 is 11.3 Å². The zero-order valence-corrected chi connectivity index (χ0v) is 25.2. The second kappa shape index (κ2) is 14.5. The normalized spacial score (nSPS) is 14.0. The van der Waals surface area contributed by atoms with E-state index in [-0.39, 0.29) is 17.3 Å². The number of hydrogen-bond acceptors (Lipinski definition) is 9. The van der Waals surface area contributed by atoms with Crippen LogP contribution in [0.4, 0.5) is 4.39 Å². The molecule has 0 N–H and O–H groups in total. The van der Waals surface area contributed by atoms with E-state index < -0.39 is 5.82 Å². The van der Waals surface area contributed by atoms with Gasteiger partial charge in [0, 0.05) is 54.9 Å². The van der Waals surface area contributed by atoms with E-state index in [0.717, 1.165) is 55.1 Å². The summed E-state index contributed by atoms with van der Waals surface area (Å²) in [5.41, 5.74) is 0.255. The molecule has 1 aliphatic rings. The van der Waals surface area contributed by atoms with Crippen molar-refractivity contribution in [1.82, 2.24) is 9.80 Å². The third kappa shape index (κ3) is 7.90. The number of ketones is 1. The number of carbonyl (C=O) groups is 2. The van der Waals surface area contributed by atoms with Crippen LogP contribution in [0.25, 0.3) is 10.1 Å². The molecule has 4 aromatic rings. The lowest BCUT2D eigenvalue weighted by molar-refractivity contribution is -0.143.